The van der Waals surface area contributed by atoms with Crippen molar-refractivity contribution in [1.82, 2.24) is 15.3 Å². The predicted octanol–water partition coefficient (Wildman–Crippen LogP) is 2.12. The lowest BCUT2D eigenvalue weighted by molar-refractivity contribution is 0.584. The van der Waals surface area contributed by atoms with E-state index >= 15 is 0 Å². The van der Waals surface area contributed by atoms with Crippen LogP contribution in [0.2, 0.25) is 0 Å². The molecule has 3 rings (SSSR count). The number of hydrogen-bond acceptors (Lipinski definition) is 4. The van der Waals surface area contributed by atoms with E-state index in [1.807, 2.05) is 18.2 Å². The van der Waals surface area contributed by atoms with Crippen LogP contribution in [0.1, 0.15) is 12.6 Å². The molecule has 1 aliphatic rings. The van der Waals surface area contributed by atoms with Crippen LogP contribution in [0.5, 0.6) is 0 Å². The van der Waals surface area contributed by atoms with Crippen molar-refractivity contribution < 1.29 is 0 Å². The predicted molar refractivity (Wildman–Crippen MR) is 81.9 cm³/mol. The lowest BCUT2D eigenvalue weighted by Crippen LogP contribution is -2.44. The Hall–Kier alpha value is -1.94. The minimum atomic E-state index is 0.832. The van der Waals surface area contributed by atoms with Crippen LogP contribution in [0.4, 0.5) is 5.82 Å². The van der Waals surface area contributed by atoms with Crippen LogP contribution >= 0.6 is 0 Å². The van der Waals surface area contributed by atoms with Gasteiger partial charge in [-0.25, -0.2) is 9.97 Å². The van der Waals surface area contributed by atoms with Crippen molar-refractivity contribution in [1.29, 1.82) is 0 Å². The van der Waals surface area contributed by atoms with Crippen molar-refractivity contribution in [2.24, 2.45) is 0 Å². The average Bonchev–Trinajstić information content (AvgIpc) is 2.56. The maximum Gasteiger partial charge on any atom is 0.161 e. The summed E-state index contributed by atoms with van der Waals surface area (Å²) in [5, 5.41) is 3.37. The average molecular weight is 268 g/mol. The molecule has 2 heterocycles. The molecular weight excluding hydrogens is 248 g/mol. The van der Waals surface area contributed by atoms with Crippen LogP contribution < -0.4 is 10.2 Å². The molecule has 0 aliphatic carbocycles. The van der Waals surface area contributed by atoms with Gasteiger partial charge in [-0.15, -0.1) is 0 Å². The molecule has 1 aromatic heterocycles. The quantitative estimate of drug-likeness (QED) is 0.925. The van der Waals surface area contributed by atoms with Crippen molar-refractivity contribution in [3.63, 3.8) is 0 Å². The summed E-state index contributed by atoms with van der Waals surface area (Å²) in [5.74, 6) is 1.88. The van der Waals surface area contributed by atoms with E-state index in [9.17, 15) is 0 Å². The van der Waals surface area contributed by atoms with E-state index in [1.54, 1.807) is 0 Å². The number of rotatable bonds is 3. The largest absolute Gasteiger partial charge is 0.354 e. The van der Waals surface area contributed by atoms with E-state index in [2.05, 4.69) is 40.3 Å². The van der Waals surface area contributed by atoms with E-state index < -0.39 is 0 Å². The van der Waals surface area contributed by atoms with Crippen molar-refractivity contribution >= 4 is 5.82 Å². The molecule has 0 unspecified atom stereocenters. The van der Waals surface area contributed by atoms with Crippen LogP contribution in [0.15, 0.2) is 36.4 Å². The lowest BCUT2D eigenvalue weighted by Gasteiger charge is -2.28. The van der Waals surface area contributed by atoms with Gasteiger partial charge in [-0.2, -0.15) is 0 Å². The smallest absolute Gasteiger partial charge is 0.161 e. The molecule has 4 nitrogen and oxygen atoms in total. The summed E-state index contributed by atoms with van der Waals surface area (Å²) >= 11 is 0. The normalized spacial score (nSPS) is 15.3. The number of benzene rings is 1. The second-order valence-electron chi connectivity index (χ2n) is 5.00. The van der Waals surface area contributed by atoms with Crippen molar-refractivity contribution in [2.75, 3.05) is 31.1 Å². The number of aryl methyl sites for hydroxylation is 1. The third-order valence-corrected chi connectivity index (χ3v) is 3.60. The highest BCUT2D eigenvalue weighted by atomic mass is 15.2. The number of nitrogens with zero attached hydrogens (tertiary/aromatic N) is 3. The van der Waals surface area contributed by atoms with E-state index in [1.165, 1.54) is 0 Å². The Kier molecular flexibility index (Phi) is 3.92. The topological polar surface area (TPSA) is 41.0 Å². The molecule has 0 amide bonds. The van der Waals surface area contributed by atoms with Gasteiger partial charge in [0.2, 0.25) is 0 Å². The number of aromatic nitrogens is 2. The second-order valence-corrected chi connectivity index (χ2v) is 5.00. The molecule has 0 radical (unpaired) electrons. The van der Waals surface area contributed by atoms with Crippen LogP contribution in [-0.2, 0) is 6.42 Å². The fraction of sp³-hybridized carbons (Fsp3) is 0.375. The summed E-state index contributed by atoms with van der Waals surface area (Å²) in [6.45, 7) is 6.19. The number of anilines is 1. The first kappa shape index (κ1) is 13.1. The van der Waals surface area contributed by atoms with Gasteiger partial charge in [-0.05, 0) is 6.42 Å². The number of hydrogen-bond donors (Lipinski definition) is 1. The molecule has 4 heteroatoms. The van der Waals surface area contributed by atoms with Crippen LogP contribution in [0.25, 0.3) is 11.4 Å². The van der Waals surface area contributed by atoms with Crippen LogP contribution in [0, 0.1) is 0 Å². The lowest BCUT2D eigenvalue weighted by atomic mass is 10.2. The van der Waals surface area contributed by atoms with Gasteiger partial charge in [0.05, 0.1) is 0 Å². The summed E-state index contributed by atoms with van der Waals surface area (Å²) in [5.41, 5.74) is 2.19. The molecular formula is C16H20N4. The van der Waals surface area contributed by atoms with Gasteiger partial charge in [-0.3, -0.25) is 0 Å². The Bertz CT molecular complexity index is 562. The van der Waals surface area contributed by atoms with E-state index in [0.717, 1.165) is 55.5 Å². The van der Waals surface area contributed by atoms with Gasteiger partial charge in [-0.1, -0.05) is 37.3 Å². The highest BCUT2D eigenvalue weighted by Gasteiger charge is 2.14. The highest BCUT2D eigenvalue weighted by Crippen LogP contribution is 2.20. The summed E-state index contributed by atoms with van der Waals surface area (Å²) in [7, 11) is 0. The zero-order valence-corrected chi connectivity index (χ0v) is 11.8. The molecule has 0 saturated carbocycles. The third-order valence-electron chi connectivity index (χ3n) is 3.60. The maximum absolute atomic E-state index is 4.76. The van der Waals surface area contributed by atoms with E-state index in [0.29, 0.717) is 0 Å². The zero-order valence-electron chi connectivity index (χ0n) is 11.8. The van der Waals surface area contributed by atoms with Gasteiger partial charge in [0, 0.05) is 43.5 Å². The summed E-state index contributed by atoms with van der Waals surface area (Å²) in [6.07, 6.45) is 0.932. The minimum absolute atomic E-state index is 0.832. The Morgan fingerprint density at radius 3 is 2.55 bits per heavy atom. The molecule has 104 valence electrons. The molecule has 1 N–H and O–H groups in total. The fourth-order valence-corrected chi connectivity index (χ4v) is 2.44. The van der Waals surface area contributed by atoms with Crippen molar-refractivity contribution in [2.45, 2.75) is 13.3 Å². The molecule has 0 spiro atoms. The van der Waals surface area contributed by atoms with Gasteiger partial charge < -0.3 is 10.2 Å². The Morgan fingerprint density at radius 1 is 1.10 bits per heavy atom. The first-order valence-corrected chi connectivity index (χ1v) is 7.26. The summed E-state index contributed by atoms with van der Waals surface area (Å²) < 4.78 is 0. The molecule has 2 aromatic rings. The van der Waals surface area contributed by atoms with E-state index in [-0.39, 0.29) is 0 Å². The summed E-state index contributed by atoms with van der Waals surface area (Å²) in [4.78, 5) is 11.8. The van der Waals surface area contributed by atoms with E-state index in [4.69, 9.17) is 4.98 Å². The molecule has 20 heavy (non-hydrogen) atoms. The molecule has 1 aromatic carbocycles. The third kappa shape index (κ3) is 2.80. The van der Waals surface area contributed by atoms with Crippen molar-refractivity contribution in [3.05, 3.63) is 42.1 Å². The van der Waals surface area contributed by atoms with Crippen molar-refractivity contribution in [3.8, 4) is 11.4 Å². The SMILES string of the molecule is CCc1cc(N2CCNCC2)nc(-c2ccccc2)n1. The number of nitrogens with one attached hydrogen (secondary N) is 1. The van der Waals surface area contributed by atoms with Gasteiger partial charge in [0.25, 0.3) is 0 Å². The zero-order chi connectivity index (χ0) is 13.8. The second kappa shape index (κ2) is 6.01. The highest BCUT2D eigenvalue weighted by molar-refractivity contribution is 5.58. The van der Waals surface area contributed by atoms with Crippen LogP contribution in [0.3, 0.4) is 0 Å². The summed E-state index contributed by atoms with van der Waals surface area (Å²) in [6, 6.07) is 12.3. The van der Waals surface area contributed by atoms with Gasteiger partial charge in [0.15, 0.2) is 5.82 Å². The molecule has 0 bridgehead atoms. The Balaban J connectivity index is 1.98. The maximum atomic E-state index is 4.76. The Morgan fingerprint density at radius 2 is 1.85 bits per heavy atom. The first-order chi connectivity index (χ1) is 9.86. The Labute approximate surface area is 119 Å². The minimum Gasteiger partial charge on any atom is -0.354 e. The standard InChI is InChI=1S/C16H20N4/c1-2-14-12-15(20-10-8-17-9-11-20)19-16(18-14)13-6-4-3-5-7-13/h3-7,12,17H,2,8-11H2,1H3. The molecule has 1 aliphatic heterocycles. The molecule has 0 atom stereocenters. The van der Waals surface area contributed by atoms with Gasteiger partial charge >= 0.3 is 0 Å². The number of piperazine rings is 1. The molecule has 1 saturated heterocycles. The van der Waals surface area contributed by atoms with Gasteiger partial charge in [0.1, 0.15) is 5.82 Å². The van der Waals surface area contributed by atoms with Crippen LogP contribution in [-0.4, -0.2) is 36.1 Å². The fourth-order valence-electron chi connectivity index (χ4n) is 2.44. The monoisotopic (exact) mass is 268 g/mol. The molecule has 1 fully saturated rings. The first-order valence-electron chi connectivity index (χ1n) is 7.26.